The minimum Gasteiger partial charge on any atom is -0.447 e. The Balaban J connectivity index is 1.92. The predicted molar refractivity (Wildman–Crippen MR) is 97.7 cm³/mol. The number of benzene rings is 2. The van der Waals surface area contributed by atoms with Crippen LogP contribution in [0.25, 0.3) is 0 Å². The van der Waals surface area contributed by atoms with E-state index in [1.54, 1.807) is 0 Å². The normalized spacial score (nSPS) is 14.1. The monoisotopic (exact) mass is 350 g/mol. The van der Waals surface area contributed by atoms with Crippen molar-refractivity contribution in [3.05, 3.63) is 71.8 Å². The van der Waals surface area contributed by atoms with Crippen molar-refractivity contribution < 1.29 is 12.3 Å². The Bertz CT molecular complexity index is 465. The van der Waals surface area contributed by atoms with E-state index in [9.17, 15) is 0 Å². The summed E-state index contributed by atoms with van der Waals surface area (Å²) in [5.41, 5.74) is 2.59. The van der Waals surface area contributed by atoms with Crippen molar-refractivity contribution in [2.45, 2.75) is 12.1 Å². The summed E-state index contributed by atoms with van der Waals surface area (Å²) in [6.45, 7) is 0. The Hall–Kier alpha value is -0.812. The van der Waals surface area contributed by atoms with Crippen LogP contribution in [0.15, 0.2) is 60.7 Å². The van der Waals surface area contributed by atoms with Crippen molar-refractivity contribution in [1.29, 1.82) is 0 Å². The fourth-order valence-corrected chi connectivity index (χ4v) is 9.82. The Kier molecular flexibility index (Phi) is 7.30. The molecule has 2 atom stereocenters. The quantitative estimate of drug-likeness (QED) is 0.607. The van der Waals surface area contributed by atoms with Crippen LogP contribution in [0.1, 0.15) is 11.1 Å². The van der Waals surface area contributed by atoms with Gasteiger partial charge in [0, 0.05) is 12.1 Å². The molecule has 0 aromatic heterocycles. The molecule has 2 rings (SSSR count). The highest BCUT2D eigenvalue weighted by Gasteiger charge is 2.20. The molecule has 2 unspecified atom stereocenters. The van der Waals surface area contributed by atoms with E-state index >= 15 is 0 Å². The van der Waals surface area contributed by atoms with Gasteiger partial charge in [-0.2, -0.15) is 0 Å². The molecular formula is C14H22O3Si4. The highest BCUT2D eigenvalue weighted by molar-refractivity contribution is 6.62. The number of hydrogen-bond donors (Lipinski definition) is 0. The second-order valence-electron chi connectivity index (χ2n) is 4.85. The molecule has 0 fully saturated rings. The first kappa shape index (κ1) is 16.6. The highest BCUT2D eigenvalue weighted by atomic mass is 28.4. The van der Waals surface area contributed by atoms with E-state index in [2.05, 4.69) is 48.5 Å². The summed E-state index contributed by atoms with van der Waals surface area (Å²) in [5.74, 6) is 0. The van der Waals surface area contributed by atoms with Crippen LogP contribution in [0.3, 0.4) is 0 Å². The Morgan fingerprint density at radius 3 is 1.38 bits per heavy atom. The molecule has 7 heteroatoms. The summed E-state index contributed by atoms with van der Waals surface area (Å²) in [6, 6.07) is 22.7. The molecule has 21 heavy (non-hydrogen) atoms. The molecule has 0 aliphatic carbocycles. The van der Waals surface area contributed by atoms with Crippen LogP contribution in [0.5, 0.6) is 0 Å². The summed E-state index contributed by atoms with van der Waals surface area (Å²) in [5, 5.41) is 0. The lowest BCUT2D eigenvalue weighted by molar-refractivity contribution is 0.385. The van der Waals surface area contributed by atoms with Crippen molar-refractivity contribution >= 4 is 39.5 Å². The molecule has 0 aliphatic rings. The Labute approximate surface area is 136 Å². The van der Waals surface area contributed by atoms with Crippen LogP contribution >= 0.6 is 0 Å². The molecule has 0 spiro atoms. The van der Waals surface area contributed by atoms with Gasteiger partial charge in [0.1, 0.15) is 21.0 Å². The summed E-state index contributed by atoms with van der Waals surface area (Å²) in [7, 11) is -1.81. The van der Waals surface area contributed by atoms with Gasteiger partial charge in [0.05, 0.1) is 0 Å². The second-order valence-corrected chi connectivity index (χ2v) is 12.2. The predicted octanol–water partition coefficient (Wildman–Crippen LogP) is -0.398. The molecular weight excluding hydrogens is 328 g/mol. The average Bonchev–Trinajstić information content (AvgIpc) is 2.55. The van der Waals surface area contributed by atoms with Gasteiger partial charge in [-0.1, -0.05) is 60.7 Å². The number of hydrogen-bond acceptors (Lipinski definition) is 3. The largest absolute Gasteiger partial charge is 0.447 e. The molecule has 0 saturated carbocycles. The zero-order chi connectivity index (χ0) is 14.9. The lowest BCUT2D eigenvalue weighted by atomic mass is 10.2. The number of rotatable bonds is 8. The molecule has 0 heterocycles. The van der Waals surface area contributed by atoms with E-state index in [0.29, 0.717) is 0 Å². The van der Waals surface area contributed by atoms with Crippen LogP contribution in [0.2, 0.25) is 0 Å². The molecule has 0 aliphatic heterocycles. The maximum absolute atomic E-state index is 6.26. The van der Waals surface area contributed by atoms with Crippen molar-refractivity contribution in [2.75, 3.05) is 0 Å². The van der Waals surface area contributed by atoms with E-state index in [1.165, 1.54) is 11.1 Å². The zero-order valence-corrected chi connectivity index (χ0v) is 18.9. The van der Waals surface area contributed by atoms with E-state index in [0.717, 1.165) is 33.1 Å². The lowest BCUT2D eigenvalue weighted by Crippen LogP contribution is -2.37. The molecule has 0 amide bonds. The highest BCUT2D eigenvalue weighted by Crippen LogP contribution is 2.08. The van der Waals surface area contributed by atoms with Gasteiger partial charge in [0.2, 0.25) is 0 Å². The first-order valence-corrected chi connectivity index (χ1v) is 12.3. The molecule has 3 nitrogen and oxygen atoms in total. The summed E-state index contributed by atoms with van der Waals surface area (Å²) >= 11 is 0. The van der Waals surface area contributed by atoms with Gasteiger partial charge >= 0.3 is 18.6 Å². The summed E-state index contributed by atoms with van der Waals surface area (Å²) < 4.78 is 17.8. The third kappa shape index (κ3) is 5.83. The molecule has 0 saturated heterocycles. The lowest BCUT2D eigenvalue weighted by Gasteiger charge is -2.21. The van der Waals surface area contributed by atoms with Crippen molar-refractivity contribution in [3.8, 4) is 0 Å². The molecule has 0 bridgehead atoms. The summed E-state index contributed by atoms with van der Waals surface area (Å²) in [6.07, 6.45) is 0. The van der Waals surface area contributed by atoms with Crippen LogP contribution in [-0.4, -0.2) is 39.5 Å². The Morgan fingerprint density at radius 1 is 0.667 bits per heavy atom. The maximum Gasteiger partial charge on any atom is 0.306 e. The molecule has 112 valence electrons. The average molecular weight is 351 g/mol. The van der Waals surface area contributed by atoms with Crippen molar-refractivity contribution in [3.63, 3.8) is 0 Å². The first-order valence-electron chi connectivity index (χ1n) is 7.10. The van der Waals surface area contributed by atoms with Gasteiger partial charge in [-0.3, -0.25) is 0 Å². The Morgan fingerprint density at radius 2 is 1.05 bits per heavy atom. The fourth-order valence-electron chi connectivity index (χ4n) is 2.16. The van der Waals surface area contributed by atoms with E-state index in [1.807, 2.05) is 12.1 Å². The van der Waals surface area contributed by atoms with Crippen LogP contribution in [0, 0.1) is 0 Å². The fraction of sp³-hybridized carbons (Fsp3) is 0.143. The third-order valence-electron chi connectivity index (χ3n) is 3.32. The topological polar surface area (TPSA) is 27.7 Å². The minimum atomic E-state index is -1.64. The molecule has 0 radical (unpaired) electrons. The van der Waals surface area contributed by atoms with Gasteiger partial charge in [-0.15, -0.1) is 0 Å². The van der Waals surface area contributed by atoms with Gasteiger partial charge in [-0.25, -0.2) is 0 Å². The molecule has 2 aromatic rings. The van der Waals surface area contributed by atoms with Crippen molar-refractivity contribution in [1.82, 2.24) is 0 Å². The standard InChI is InChI=1S/C14H22O3Si4/c18-15-20(11-13-7-3-1-4-8-13)17-21(16-19)12-14-9-5-2-6-10-14/h1-10,20-21H,11-12H2,18-19H3. The van der Waals surface area contributed by atoms with Gasteiger partial charge in [0.25, 0.3) is 0 Å². The minimum absolute atomic E-state index is 0.728. The van der Waals surface area contributed by atoms with Gasteiger partial charge in [-0.05, 0) is 11.1 Å². The van der Waals surface area contributed by atoms with E-state index < -0.39 is 18.6 Å². The molecule has 0 N–H and O–H groups in total. The SMILES string of the molecule is [SiH3]O[SiH](Cc1ccccc1)O[SiH](Cc1ccccc1)O[SiH3]. The second kappa shape index (κ2) is 9.26. The smallest absolute Gasteiger partial charge is 0.306 e. The van der Waals surface area contributed by atoms with Gasteiger partial charge in [0.15, 0.2) is 0 Å². The van der Waals surface area contributed by atoms with Crippen LogP contribution < -0.4 is 0 Å². The van der Waals surface area contributed by atoms with Crippen LogP contribution in [-0.2, 0) is 24.4 Å². The van der Waals surface area contributed by atoms with Crippen LogP contribution in [0.4, 0.5) is 0 Å². The third-order valence-corrected chi connectivity index (χ3v) is 11.6. The maximum atomic E-state index is 6.26. The first-order chi connectivity index (χ1) is 10.3. The van der Waals surface area contributed by atoms with E-state index in [4.69, 9.17) is 12.3 Å². The molecule has 2 aromatic carbocycles. The van der Waals surface area contributed by atoms with Crippen molar-refractivity contribution in [2.24, 2.45) is 0 Å². The zero-order valence-electron chi connectivity index (χ0n) is 12.6. The van der Waals surface area contributed by atoms with E-state index in [-0.39, 0.29) is 0 Å². The van der Waals surface area contributed by atoms with Gasteiger partial charge < -0.3 is 12.3 Å². The summed E-state index contributed by atoms with van der Waals surface area (Å²) in [4.78, 5) is 0.